The predicted molar refractivity (Wildman–Crippen MR) is 73.3 cm³/mol. The second kappa shape index (κ2) is 5.89. The highest BCUT2D eigenvalue weighted by Crippen LogP contribution is 2.34. The molecule has 2 aromatic carbocycles. The number of rotatable bonds is 4. The van der Waals surface area contributed by atoms with E-state index in [9.17, 15) is 5.11 Å². The van der Waals surface area contributed by atoms with Crippen molar-refractivity contribution in [3.05, 3.63) is 58.6 Å². The van der Waals surface area contributed by atoms with E-state index in [4.69, 9.17) is 16.3 Å². The molecule has 0 saturated heterocycles. The van der Waals surface area contributed by atoms with Gasteiger partial charge in [-0.2, -0.15) is 0 Å². The van der Waals surface area contributed by atoms with Crippen molar-refractivity contribution in [1.29, 1.82) is 0 Å². The van der Waals surface area contributed by atoms with Gasteiger partial charge in [0.2, 0.25) is 0 Å². The Hall–Kier alpha value is -1.51. The first-order valence-corrected chi connectivity index (χ1v) is 6.28. The Balaban J connectivity index is 2.39. The molecule has 0 unspecified atom stereocenters. The molecule has 1 N–H and O–H groups in total. The molecule has 0 aliphatic carbocycles. The van der Waals surface area contributed by atoms with E-state index in [-0.39, 0.29) is 6.61 Å². The van der Waals surface area contributed by atoms with E-state index in [2.05, 4.69) is 6.92 Å². The quantitative estimate of drug-likeness (QED) is 0.895. The zero-order valence-corrected chi connectivity index (χ0v) is 10.9. The zero-order chi connectivity index (χ0) is 13.0. The molecule has 0 fully saturated rings. The molecule has 0 heterocycles. The summed E-state index contributed by atoms with van der Waals surface area (Å²) in [6, 6.07) is 13.2. The summed E-state index contributed by atoms with van der Waals surface area (Å²) in [7, 11) is 0. The molecule has 0 amide bonds. The van der Waals surface area contributed by atoms with Crippen molar-refractivity contribution in [3.8, 4) is 11.5 Å². The van der Waals surface area contributed by atoms with Gasteiger partial charge in [0.25, 0.3) is 0 Å². The lowest BCUT2D eigenvalue weighted by Gasteiger charge is -2.13. The third kappa shape index (κ3) is 2.66. The fourth-order valence-corrected chi connectivity index (χ4v) is 2.03. The summed E-state index contributed by atoms with van der Waals surface area (Å²) in [5.74, 6) is 1.31. The molecule has 0 aliphatic heterocycles. The molecule has 0 radical (unpaired) electrons. The Bertz CT molecular complexity index is 538. The number of ether oxygens (including phenoxy) is 1. The second-order valence-corrected chi connectivity index (χ2v) is 4.36. The summed E-state index contributed by atoms with van der Waals surface area (Å²) >= 11 is 6.12. The smallest absolute Gasteiger partial charge is 0.151 e. The average molecular weight is 263 g/mol. The summed E-state index contributed by atoms with van der Waals surface area (Å²) < 4.78 is 5.86. The first-order chi connectivity index (χ1) is 8.76. The highest BCUT2D eigenvalue weighted by atomic mass is 35.5. The molecular formula is C15H15ClO2. The van der Waals surface area contributed by atoms with Gasteiger partial charge in [0.15, 0.2) is 5.75 Å². The molecule has 2 nitrogen and oxygen atoms in total. The van der Waals surface area contributed by atoms with Crippen molar-refractivity contribution in [1.82, 2.24) is 0 Å². The van der Waals surface area contributed by atoms with Crippen LogP contribution in [0.5, 0.6) is 11.5 Å². The summed E-state index contributed by atoms with van der Waals surface area (Å²) in [5.41, 5.74) is 1.80. The standard InChI is InChI=1S/C15H15ClO2/c1-2-11-6-3-4-9-14(11)18-15-12(10-17)7-5-8-13(15)16/h3-9,17H,2,10H2,1H3. The monoisotopic (exact) mass is 262 g/mol. The maximum Gasteiger partial charge on any atom is 0.151 e. The Morgan fingerprint density at radius 2 is 1.78 bits per heavy atom. The molecule has 0 aromatic heterocycles. The first-order valence-electron chi connectivity index (χ1n) is 5.90. The Labute approximate surface area is 112 Å². The van der Waals surface area contributed by atoms with E-state index in [0.29, 0.717) is 16.3 Å². The van der Waals surface area contributed by atoms with Gasteiger partial charge in [-0.25, -0.2) is 0 Å². The van der Waals surface area contributed by atoms with Crippen LogP contribution in [-0.4, -0.2) is 5.11 Å². The van der Waals surface area contributed by atoms with Crippen molar-refractivity contribution in [3.63, 3.8) is 0 Å². The summed E-state index contributed by atoms with van der Waals surface area (Å²) in [5, 5.41) is 9.82. The highest BCUT2D eigenvalue weighted by molar-refractivity contribution is 6.32. The lowest BCUT2D eigenvalue weighted by Crippen LogP contribution is -1.95. The summed E-state index contributed by atoms with van der Waals surface area (Å²) in [4.78, 5) is 0. The highest BCUT2D eigenvalue weighted by Gasteiger charge is 2.10. The third-order valence-electron chi connectivity index (χ3n) is 2.78. The lowest BCUT2D eigenvalue weighted by molar-refractivity contribution is 0.276. The SMILES string of the molecule is CCc1ccccc1Oc1c(Cl)cccc1CO. The fraction of sp³-hybridized carbons (Fsp3) is 0.200. The Kier molecular flexibility index (Phi) is 4.24. The van der Waals surface area contributed by atoms with Crippen molar-refractivity contribution >= 4 is 11.6 Å². The van der Waals surface area contributed by atoms with E-state index in [1.165, 1.54) is 0 Å². The van der Waals surface area contributed by atoms with Crippen LogP contribution in [0.3, 0.4) is 0 Å². The van der Waals surface area contributed by atoms with E-state index < -0.39 is 0 Å². The molecule has 0 spiro atoms. The van der Waals surface area contributed by atoms with E-state index in [1.54, 1.807) is 18.2 Å². The molecule has 3 heteroatoms. The number of hydrogen-bond donors (Lipinski definition) is 1. The van der Waals surface area contributed by atoms with Gasteiger partial charge >= 0.3 is 0 Å². The predicted octanol–water partition coefficient (Wildman–Crippen LogP) is 4.19. The van der Waals surface area contributed by atoms with Crippen LogP contribution >= 0.6 is 11.6 Å². The topological polar surface area (TPSA) is 29.5 Å². The molecule has 0 aliphatic rings. The van der Waals surface area contributed by atoms with Gasteiger partial charge in [-0.05, 0) is 24.1 Å². The molecule has 2 rings (SSSR count). The van der Waals surface area contributed by atoms with Crippen molar-refractivity contribution < 1.29 is 9.84 Å². The number of aliphatic hydroxyl groups excluding tert-OH is 1. The third-order valence-corrected chi connectivity index (χ3v) is 3.08. The van der Waals surface area contributed by atoms with Gasteiger partial charge in [0.1, 0.15) is 5.75 Å². The van der Waals surface area contributed by atoms with Crippen molar-refractivity contribution in [2.75, 3.05) is 0 Å². The van der Waals surface area contributed by atoms with E-state index in [0.717, 1.165) is 17.7 Å². The summed E-state index contributed by atoms with van der Waals surface area (Å²) in [6.45, 7) is 1.98. The normalized spacial score (nSPS) is 10.4. The van der Waals surface area contributed by atoms with Crippen LogP contribution in [0.25, 0.3) is 0 Å². The number of hydrogen-bond acceptors (Lipinski definition) is 2. The average Bonchev–Trinajstić information content (AvgIpc) is 2.41. The van der Waals surface area contributed by atoms with Crippen LogP contribution in [0.2, 0.25) is 5.02 Å². The number of benzene rings is 2. The molecule has 94 valence electrons. The van der Waals surface area contributed by atoms with Gasteiger partial charge in [-0.3, -0.25) is 0 Å². The number of aryl methyl sites for hydroxylation is 1. The zero-order valence-electron chi connectivity index (χ0n) is 10.2. The van der Waals surface area contributed by atoms with Gasteiger partial charge in [0.05, 0.1) is 11.6 Å². The number of aliphatic hydroxyl groups is 1. The number of halogens is 1. The van der Waals surface area contributed by atoms with Crippen LogP contribution in [-0.2, 0) is 13.0 Å². The van der Waals surface area contributed by atoms with Crippen molar-refractivity contribution in [2.24, 2.45) is 0 Å². The fourth-order valence-electron chi connectivity index (χ4n) is 1.80. The lowest BCUT2D eigenvalue weighted by atomic mass is 10.1. The maximum absolute atomic E-state index is 9.31. The van der Waals surface area contributed by atoms with Gasteiger partial charge in [-0.15, -0.1) is 0 Å². The molecule has 18 heavy (non-hydrogen) atoms. The van der Waals surface area contributed by atoms with E-state index in [1.807, 2.05) is 24.3 Å². The molecule has 0 saturated carbocycles. The summed E-state index contributed by atoms with van der Waals surface area (Å²) in [6.07, 6.45) is 0.884. The minimum Gasteiger partial charge on any atom is -0.455 e. The Morgan fingerprint density at radius 1 is 1.06 bits per heavy atom. The minimum absolute atomic E-state index is 0.0931. The van der Waals surface area contributed by atoms with Crippen LogP contribution in [0.4, 0.5) is 0 Å². The molecule has 2 aromatic rings. The first kappa shape index (κ1) is 12.9. The molecule has 0 bridgehead atoms. The largest absolute Gasteiger partial charge is 0.455 e. The van der Waals surface area contributed by atoms with Gasteiger partial charge < -0.3 is 9.84 Å². The van der Waals surface area contributed by atoms with Crippen molar-refractivity contribution in [2.45, 2.75) is 20.0 Å². The van der Waals surface area contributed by atoms with Crippen LogP contribution in [0.1, 0.15) is 18.1 Å². The second-order valence-electron chi connectivity index (χ2n) is 3.95. The van der Waals surface area contributed by atoms with Crippen LogP contribution < -0.4 is 4.74 Å². The Morgan fingerprint density at radius 3 is 2.50 bits per heavy atom. The van der Waals surface area contributed by atoms with Gasteiger partial charge in [0, 0.05) is 5.56 Å². The van der Waals surface area contributed by atoms with E-state index >= 15 is 0 Å². The van der Waals surface area contributed by atoms with Gasteiger partial charge in [-0.1, -0.05) is 48.9 Å². The maximum atomic E-state index is 9.31. The van der Waals surface area contributed by atoms with Crippen LogP contribution in [0, 0.1) is 0 Å². The molecule has 0 atom stereocenters. The number of para-hydroxylation sites is 2. The minimum atomic E-state index is -0.0931. The molecular weight excluding hydrogens is 248 g/mol. The van der Waals surface area contributed by atoms with Crippen LogP contribution in [0.15, 0.2) is 42.5 Å².